The lowest BCUT2D eigenvalue weighted by atomic mass is 9.83. The number of imide groups is 1. The van der Waals surface area contributed by atoms with Crippen molar-refractivity contribution in [3.8, 4) is 0 Å². The van der Waals surface area contributed by atoms with E-state index in [0.29, 0.717) is 6.42 Å². The van der Waals surface area contributed by atoms with Gasteiger partial charge in [-0.05, 0) is 49.1 Å². The Morgan fingerprint density at radius 3 is 2.23 bits per heavy atom. The molecular weight excluding hydrogens is 491 g/mol. The van der Waals surface area contributed by atoms with Crippen molar-refractivity contribution in [2.45, 2.75) is 43.9 Å². The van der Waals surface area contributed by atoms with Crippen LogP contribution in [0.15, 0.2) is 36.4 Å². The zero-order valence-corrected chi connectivity index (χ0v) is 19.1. The zero-order chi connectivity index (χ0) is 25.5. The van der Waals surface area contributed by atoms with Crippen LogP contribution < -0.4 is 9.80 Å². The van der Waals surface area contributed by atoms with Crippen molar-refractivity contribution < 1.29 is 32.8 Å². The van der Waals surface area contributed by atoms with Gasteiger partial charge in [0.25, 0.3) is 5.69 Å². The molecule has 1 N–H and O–H groups in total. The minimum absolute atomic E-state index is 0.0218. The normalized spacial score (nSPS) is 18.7. The van der Waals surface area contributed by atoms with Gasteiger partial charge in [-0.2, -0.15) is 13.2 Å². The molecule has 12 heteroatoms. The third-order valence-corrected chi connectivity index (χ3v) is 6.76. The summed E-state index contributed by atoms with van der Waals surface area (Å²) in [4.78, 5) is 38.2. The number of hydrogen-bond donors (Lipinski definition) is 1. The summed E-state index contributed by atoms with van der Waals surface area (Å²) in [5.74, 6) is -0.847. The fourth-order valence-electron chi connectivity index (χ4n) is 4.54. The first-order chi connectivity index (χ1) is 16.4. The molecule has 8 nitrogen and oxygen atoms in total. The number of hydrogen-bond acceptors (Lipinski definition) is 6. The fourth-order valence-corrected chi connectivity index (χ4v) is 4.77. The van der Waals surface area contributed by atoms with Crippen LogP contribution >= 0.6 is 11.6 Å². The SMILES string of the molecule is O=C1CCCC(=O)N1c1ccc(N2CCC(O)(c3ccc(Cl)c(C(F)(F)F)c3)CC2)c([N+](=O)[O-])c1. The molecule has 35 heavy (non-hydrogen) atoms. The minimum Gasteiger partial charge on any atom is -0.385 e. The Balaban J connectivity index is 1.58. The van der Waals surface area contributed by atoms with E-state index in [9.17, 15) is 38.0 Å². The van der Waals surface area contributed by atoms with Gasteiger partial charge in [0.15, 0.2) is 0 Å². The number of carbonyl (C=O) groups excluding carboxylic acids is 2. The number of alkyl halides is 3. The highest BCUT2D eigenvalue weighted by Gasteiger charge is 2.39. The number of nitro groups is 1. The van der Waals surface area contributed by atoms with E-state index >= 15 is 0 Å². The number of nitro benzene ring substituents is 1. The summed E-state index contributed by atoms with van der Waals surface area (Å²) in [7, 11) is 0. The molecule has 0 atom stereocenters. The highest BCUT2D eigenvalue weighted by molar-refractivity contribution is 6.31. The lowest BCUT2D eigenvalue weighted by Gasteiger charge is -2.39. The Labute approximate surface area is 203 Å². The van der Waals surface area contributed by atoms with Gasteiger partial charge in [0, 0.05) is 32.0 Å². The van der Waals surface area contributed by atoms with Gasteiger partial charge in [0.05, 0.1) is 26.8 Å². The third kappa shape index (κ3) is 4.83. The summed E-state index contributed by atoms with van der Waals surface area (Å²) in [6, 6.07) is 7.35. The molecule has 0 aliphatic carbocycles. The summed E-state index contributed by atoms with van der Waals surface area (Å²) in [6.45, 7) is 0.254. The predicted molar refractivity (Wildman–Crippen MR) is 121 cm³/mol. The number of amides is 2. The number of aliphatic hydroxyl groups is 1. The maximum Gasteiger partial charge on any atom is 0.417 e. The first kappa shape index (κ1) is 24.9. The molecule has 0 bridgehead atoms. The van der Waals surface area contributed by atoms with Crippen LogP contribution in [0.1, 0.15) is 43.2 Å². The molecule has 0 aromatic heterocycles. The molecule has 2 fully saturated rings. The summed E-state index contributed by atoms with van der Waals surface area (Å²) in [5, 5.41) is 22.4. The van der Waals surface area contributed by atoms with Gasteiger partial charge in [-0.3, -0.25) is 24.6 Å². The van der Waals surface area contributed by atoms with Crippen molar-refractivity contribution in [3.63, 3.8) is 0 Å². The second-order valence-corrected chi connectivity index (χ2v) is 9.02. The van der Waals surface area contributed by atoms with E-state index in [4.69, 9.17) is 11.6 Å². The Kier molecular flexibility index (Phi) is 6.50. The van der Waals surface area contributed by atoms with Crippen LogP contribution in [0.3, 0.4) is 0 Å². The van der Waals surface area contributed by atoms with Crippen molar-refractivity contribution in [2.75, 3.05) is 22.9 Å². The van der Waals surface area contributed by atoms with Gasteiger partial charge in [0.1, 0.15) is 5.69 Å². The first-order valence-electron chi connectivity index (χ1n) is 10.9. The topological polar surface area (TPSA) is 104 Å². The number of benzene rings is 2. The van der Waals surface area contributed by atoms with Crippen LogP contribution in [-0.4, -0.2) is 34.9 Å². The van der Waals surface area contributed by atoms with Gasteiger partial charge in [-0.15, -0.1) is 0 Å². The molecule has 2 aromatic carbocycles. The fraction of sp³-hybridized carbons (Fsp3) is 0.391. The highest BCUT2D eigenvalue weighted by atomic mass is 35.5. The van der Waals surface area contributed by atoms with E-state index in [2.05, 4.69) is 0 Å². The average molecular weight is 512 g/mol. The molecule has 0 radical (unpaired) electrons. The molecule has 2 saturated heterocycles. The van der Waals surface area contributed by atoms with Crippen LogP contribution in [0, 0.1) is 10.1 Å². The van der Waals surface area contributed by atoms with Crippen LogP contribution in [0.4, 0.5) is 30.2 Å². The minimum atomic E-state index is -4.68. The molecule has 2 aromatic rings. The predicted octanol–water partition coefficient (Wildman–Crippen LogP) is 4.80. The monoisotopic (exact) mass is 511 g/mol. The van der Waals surface area contributed by atoms with E-state index < -0.39 is 39.1 Å². The summed E-state index contributed by atoms with van der Waals surface area (Å²) < 4.78 is 39.8. The van der Waals surface area contributed by atoms with Gasteiger partial charge in [-0.1, -0.05) is 17.7 Å². The molecule has 0 spiro atoms. The van der Waals surface area contributed by atoms with E-state index in [1.807, 2.05) is 0 Å². The van der Waals surface area contributed by atoms with Crippen LogP contribution in [-0.2, 0) is 21.4 Å². The Morgan fingerprint density at radius 2 is 1.66 bits per heavy atom. The van der Waals surface area contributed by atoms with E-state index in [-0.39, 0.29) is 61.4 Å². The molecular formula is C23H21ClF3N3O5. The second kappa shape index (κ2) is 9.12. The van der Waals surface area contributed by atoms with Crippen molar-refractivity contribution in [2.24, 2.45) is 0 Å². The summed E-state index contributed by atoms with van der Waals surface area (Å²) in [6.07, 6.45) is -3.85. The smallest absolute Gasteiger partial charge is 0.385 e. The highest BCUT2D eigenvalue weighted by Crippen LogP contribution is 2.42. The maximum absolute atomic E-state index is 13.3. The number of carbonyl (C=O) groups is 2. The third-order valence-electron chi connectivity index (χ3n) is 6.43. The van der Waals surface area contributed by atoms with Gasteiger partial charge in [-0.25, -0.2) is 0 Å². The van der Waals surface area contributed by atoms with E-state index in [0.717, 1.165) is 17.0 Å². The molecule has 2 heterocycles. The van der Waals surface area contributed by atoms with Crippen LogP contribution in [0.25, 0.3) is 0 Å². The van der Waals surface area contributed by atoms with Crippen LogP contribution in [0.5, 0.6) is 0 Å². The molecule has 2 aliphatic heterocycles. The lowest BCUT2D eigenvalue weighted by molar-refractivity contribution is -0.384. The van der Waals surface area contributed by atoms with Gasteiger partial charge in [0.2, 0.25) is 11.8 Å². The lowest BCUT2D eigenvalue weighted by Crippen LogP contribution is -2.43. The molecule has 4 rings (SSSR count). The number of halogens is 4. The molecule has 2 amide bonds. The zero-order valence-electron chi connectivity index (χ0n) is 18.3. The standard InChI is InChI=1S/C23H21ClF3N3O5/c24-17-6-4-14(12-16(17)23(25,26)27)22(33)8-10-28(11-9-22)18-7-5-15(13-19(18)30(34)35)29-20(31)2-1-3-21(29)32/h4-7,12-13,33H,1-3,8-11H2. The molecule has 186 valence electrons. The van der Waals surface area contributed by atoms with E-state index in [1.54, 1.807) is 4.90 Å². The first-order valence-corrected chi connectivity index (χ1v) is 11.3. The Hall–Kier alpha value is -3.18. The quantitative estimate of drug-likeness (QED) is 0.359. The van der Waals surface area contributed by atoms with E-state index in [1.165, 1.54) is 24.3 Å². The Bertz CT molecular complexity index is 1180. The van der Waals surface area contributed by atoms with Crippen molar-refractivity contribution in [1.82, 2.24) is 0 Å². The molecule has 0 unspecified atom stereocenters. The van der Waals surface area contributed by atoms with Crippen LogP contribution in [0.2, 0.25) is 5.02 Å². The summed E-state index contributed by atoms with van der Waals surface area (Å²) >= 11 is 5.68. The van der Waals surface area contributed by atoms with Gasteiger partial charge >= 0.3 is 6.18 Å². The maximum atomic E-state index is 13.3. The number of piperidine rings is 2. The number of anilines is 2. The number of rotatable bonds is 4. The number of nitrogens with zero attached hydrogens (tertiary/aromatic N) is 3. The van der Waals surface area contributed by atoms with Crippen molar-refractivity contribution in [1.29, 1.82) is 0 Å². The van der Waals surface area contributed by atoms with Crippen molar-refractivity contribution in [3.05, 3.63) is 62.7 Å². The summed E-state index contributed by atoms with van der Waals surface area (Å²) in [5.41, 5.74) is -2.51. The van der Waals surface area contributed by atoms with Crippen molar-refractivity contribution >= 4 is 40.5 Å². The Morgan fingerprint density at radius 1 is 1.03 bits per heavy atom. The average Bonchev–Trinajstić information content (AvgIpc) is 2.79. The molecule has 0 saturated carbocycles. The largest absolute Gasteiger partial charge is 0.417 e. The molecule has 2 aliphatic rings. The second-order valence-electron chi connectivity index (χ2n) is 8.62. The van der Waals surface area contributed by atoms with Gasteiger partial charge < -0.3 is 10.0 Å².